The third-order valence-electron chi connectivity index (χ3n) is 2.50. The second kappa shape index (κ2) is 5.10. The van der Waals surface area contributed by atoms with E-state index >= 15 is 0 Å². The lowest BCUT2D eigenvalue weighted by atomic mass is 9.89. The van der Waals surface area contributed by atoms with E-state index in [1.807, 2.05) is 0 Å². The number of ether oxygens (including phenoxy) is 1. The van der Waals surface area contributed by atoms with Crippen LogP contribution in [0, 0.1) is 0 Å². The van der Waals surface area contributed by atoms with Gasteiger partial charge in [-0.3, -0.25) is 4.79 Å². The van der Waals surface area contributed by atoms with Crippen LogP contribution in [0.1, 0.15) is 32.6 Å². The molecule has 0 saturated heterocycles. The molecule has 0 aromatic heterocycles. The molecule has 0 radical (unpaired) electrons. The molecule has 4 heteroatoms. The van der Waals surface area contributed by atoms with Crippen molar-refractivity contribution in [3.63, 3.8) is 0 Å². The molecule has 1 aliphatic carbocycles. The van der Waals surface area contributed by atoms with Gasteiger partial charge in [0.05, 0.1) is 6.10 Å². The average molecular weight is 199 g/mol. The van der Waals surface area contributed by atoms with Gasteiger partial charge < -0.3 is 14.8 Å². The fourth-order valence-corrected chi connectivity index (χ4v) is 1.47. The Labute approximate surface area is 84.0 Å². The number of carbonyl (C=O) groups is 2. The summed E-state index contributed by atoms with van der Waals surface area (Å²) >= 11 is 0. The van der Waals surface area contributed by atoms with Gasteiger partial charge in [-0.2, -0.15) is 0 Å². The summed E-state index contributed by atoms with van der Waals surface area (Å²) in [5, 5.41) is 2.86. The fourth-order valence-electron chi connectivity index (χ4n) is 1.47. The van der Waals surface area contributed by atoms with Crippen LogP contribution in [0.3, 0.4) is 0 Å². The number of hydrogen-bond donors (Lipinski definition) is 1. The third kappa shape index (κ3) is 3.46. The zero-order valence-electron chi connectivity index (χ0n) is 8.71. The van der Waals surface area contributed by atoms with E-state index in [-0.39, 0.29) is 17.7 Å². The summed E-state index contributed by atoms with van der Waals surface area (Å²) in [5.74, 6) is 0.0308. The Balaban J connectivity index is 2.07. The molecule has 4 nitrogen and oxygen atoms in total. The van der Waals surface area contributed by atoms with E-state index in [1.54, 1.807) is 7.11 Å². The molecule has 0 heterocycles. The van der Waals surface area contributed by atoms with Crippen molar-refractivity contribution < 1.29 is 14.3 Å². The zero-order valence-corrected chi connectivity index (χ0v) is 8.71. The van der Waals surface area contributed by atoms with E-state index in [0.29, 0.717) is 18.9 Å². The van der Waals surface area contributed by atoms with Crippen LogP contribution in [-0.2, 0) is 14.3 Å². The molecule has 1 N–H and O–H groups in total. The molecule has 0 spiro atoms. The minimum Gasteiger partial charge on any atom is -0.381 e. The summed E-state index contributed by atoms with van der Waals surface area (Å²) in [6.45, 7) is 1.50. The molecule has 80 valence electrons. The normalized spacial score (nSPS) is 25.3. The molecule has 0 atom stereocenters. The predicted molar refractivity (Wildman–Crippen MR) is 51.9 cm³/mol. The summed E-state index contributed by atoms with van der Waals surface area (Å²) in [6, 6.07) is 0.249. The minimum absolute atomic E-state index is 0.0280. The summed E-state index contributed by atoms with van der Waals surface area (Å²) in [6.07, 6.45) is 2.73. The molecule has 1 saturated carbocycles. The first-order chi connectivity index (χ1) is 6.61. The average Bonchev–Trinajstić information content (AvgIpc) is 2.07. The number of hydrogen-bond acceptors (Lipinski definition) is 3. The second-order valence-corrected chi connectivity index (χ2v) is 3.80. The molecule has 0 aliphatic heterocycles. The highest BCUT2D eigenvalue weighted by Gasteiger charge is 2.29. The quantitative estimate of drug-likeness (QED) is 0.707. The molecule has 1 aliphatic rings. The number of nitrogens with one attached hydrogen (secondary N) is 1. The van der Waals surface area contributed by atoms with Gasteiger partial charge in [-0.15, -0.1) is 0 Å². The summed E-state index contributed by atoms with van der Waals surface area (Å²) in [5.41, 5.74) is 0. The number of carbonyl (C=O) groups excluding carboxylic acids is 2. The smallest absolute Gasteiger partial charge is 0.220 e. The molecule has 1 amide bonds. The number of ketones is 1. The van der Waals surface area contributed by atoms with E-state index in [0.717, 1.165) is 12.8 Å². The molecular formula is C10H17NO3. The van der Waals surface area contributed by atoms with Gasteiger partial charge in [0.15, 0.2) is 0 Å². The van der Waals surface area contributed by atoms with Crippen molar-refractivity contribution in [3.05, 3.63) is 0 Å². The Morgan fingerprint density at radius 3 is 2.50 bits per heavy atom. The number of Topliss-reactive ketones (excluding diaryl/α,β-unsaturated/α-hetero) is 1. The highest BCUT2D eigenvalue weighted by atomic mass is 16.5. The SMILES string of the molecule is COC1CC(NC(=O)CCC(C)=O)C1. The van der Waals surface area contributed by atoms with Crippen LogP contribution in [-0.4, -0.2) is 30.9 Å². The molecule has 0 aromatic rings. The fraction of sp³-hybridized carbons (Fsp3) is 0.800. The van der Waals surface area contributed by atoms with Crippen LogP contribution >= 0.6 is 0 Å². The Kier molecular flexibility index (Phi) is 4.07. The first kappa shape index (κ1) is 11.2. The Bertz CT molecular complexity index is 221. The van der Waals surface area contributed by atoms with Crippen LogP contribution in [0.25, 0.3) is 0 Å². The maximum atomic E-state index is 11.2. The van der Waals surface area contributed by atoms with Gasteiger partial charge >= 0.3 is 0 Å². The van der Waals surface area contributed by atoms with Crippen molar-refractivity contribution in [1.29, 1.82) is 0 Å². The first-order valence-electron chi connectivity index (χ1n) is 4.93. The largest absolute Gasteiger partial charge is 0.381 e. The van der Waals surface area contributed by atoms with Crippen LogP contribution in [0.2, 0.25) is 0 Å². The van der Waals surface area contributed by atoms with Gasteiger partial charge in [0.25, 0.3) is 0 Å². The van der Waals surface area contributed by atoms with Crippen molar-refractivity contribution in [3.8, 4) is 0 Å². The minimum atomic E-state index is -0.0280. The van der Waals surface area contributed by atoms with Crippen molar-refractivity contribution in [2.24, 2.45) is 0 Å². The lowest BCUT2D eigenvalue weighted by Gasteiger charge is -2.34. The summed E-state index contributed by atoms with van der Waals surface area (Å²) < 4.78 is 5.09. The van der Waals surface area contributed by atoms with Gasteiger partial charge in [0, 0.05) is 26.0 Å². The highest BCUT2D eigenvalue weighted by Crippen LogP contribution is 2.22. The van der Waals surface area contributed by atoms with Crippen molar-refractivity contribution in [2.45, 2.75) is 44.8 Å². The molecule has 0 unspecified atom stereocenters. The van der Waals surface area contributed by atoms with Gasteiger partial charge in [0.2, 0.25) is 5.91 Å². The topological polar surface area (TPSA) is 55.4 Å². The highest BCUT2D eigenvalue weighted by molar-refractivity contribution is 5.83. The number of rotatable bonds is 5. The van der Waals surface area contributed by atoms with Gasteiger partial charge in [-0.05, 0) is 19.8 Å². The van der Waals surface area contributed by atoms with E-state index in [4.69, 9.17) is 4.74 Å². The van der Waals surface area contributed by atoms with Crippen molar-refractivity contribution >= 4 is 11.7 Å². The van der Waals surface area contributed by atoms with Gasteiger partial charge in [-0.25, -0.2) is 0 Å². The summed E-state index contributed by atoms with van der Waals surface area (Å²) in [7, 11) is 1.68. The van der Waals surface area contributed by atoms with Crippen LogP contribution in [0.5, 0.6) is 0 Å². The van der Waals surface area contributed by atoms with Gasteiger partial charge in [-0.1, -0.05) is 0 Å². The molecule has 0 aromatic carbocycles. The lowest BCUT2D eigenvalue weighted by molar-refractivity contribution is -0.126. The van der Waals surface area contributed by atoms with Crippen molar-refractivity contribution in [2.75, 3.05) is 7.11 Å². The standard InChI is InChI=1S/C10H17NO3/c1-7(12)3-4-10(13)11-8-5-9(6-8)14-2/h8-9H,3-6H2,1-2H3,(H,11,13). The van der Waals surface area contributed by atoms with Gasteiger partial charge in [0.1, 0.15) is 5.78 Å². The van der Waals surface area contributed by atoms with E-state index in [9.17, 15) is 9.59 Å². The molecule has 1 rings (SSSR count). The molecule has 1 fully saturated rings. The van der Waals surface area contributed by atoms with E-state index in [2.05, 4.69) is 5.32 Å². The Morgan fingerprint density at radius 2 is 2.00 bits per heavy atom. The first-order valence-corrected chi connectivity index (χ1v) is 4.93. The lowest BCUT2D eigenvalue weighted by Crippen LogP contribution is -2.47. The van der Waals surface area contributed by atoms with Crippen LogP contribution < -0.4 is 5.32 Å². The number of methoxy groups -OCH3 is 1. The monoisotopic (exact) mass is 199 g/mol. The predicted octanol–water partition coefficient (Wildman–Crippen LogP) is 0.649. The van der Waals surface area contributed by atoms with Crippen LogP contribution in [0.15, 0.2) is 0 Å². The van der Waals surface area contributed by atoms with Crippen molar-refractivity contribution in [1.82, 2.24) is 5.32 Å². The Morgan fingerprint density at radius 1 is 1.36 bits per heavy atom. The zero-order chi connectivity index (χ0) is 10.6. The molecule has 0 bridgehead atoms. The Hall–Kier alpha value is -0.900. The summed E-state index contributed by atoms with van der Waals surface area (Å²) in [4.78, 5) is 21.9. The maximum Gasteiger partial charge on any atom is 0.220 e. The second-order valence-electron chi connectivity index (χ2n) is 3.80. The maximum absolute atomic E-state index is 11.2. The molecule has 14 heavy (non-hydrogen) atoms. The number of amides is 1. The molecular weight excluding hydrogens is 182 g/mol. The van der Waals surface area contributed by atoms with E-state index < -0.39 is 0 Å². The third-order valence-corrected chi connectivity index (χ3v) is 2.50. The van der Waals surface area contributed by atoms with Crippen LogP contribution in [0.4, 0.5) is 0 Å². The van der Waals surface area contributed by atoms with E-state index in [1.165, 1.54) is 6.92 Å².